The number of alkyl halides is 1. The molecule has 0 atom stereocenters. The van der Waals surface area contributed by atoms with Crippen LogP contribution in [-0.4, -0.2) is 17.8 Å². The smallest absolute Gasteiger partial charge is 0.225 e. The monoisotopic (exact) mass is 285 g/mol. The molecular formula is C12H16BrNO2. The van der Waals surface area contributed by atoms with Crippen LogP contribution in [0.4, 0.5) is 5.69 Å². The van der Waals surface area contributed by atoms with Crippen LogP contribution >= 0.6 is 15.9 Å². The fourth-order valence-corrected chi connectivity index (χ4v) is 1.55. The predicted molar refractivity (Wildman–Crippen MR) is 69.3 cm³/mol. The lowest BCUT2D eigenvalue weighted by Crippen LogP contribution is -2.11. The van der Waals surface area contributed by atoms with Gasteiger partial charge in [0, 0.05) is 23.5 Å². The van der Waals surface area contributed by atoms with E-state index in [2.05, 4.69) is 28.2 Å². The van der Waals surface area contributed by atoms with Crippen LogP contribution in [0.5, 0.6) is 5.75 Å². The Labute approximate surface area is 104 Å². The van der Waals surface area contributed by atoms with Crippen molar-refractivity contribution in [1.29, 1.82) is 0 Å². The summed E-state index contributed by atoms with van der Waals surface area (Å²) in [6, 6.07) is 7.44. The van der Waals surface area contributed by atoms with Gasteiger partial charge in [-0.25, -0.2) is 0 Å². The maximum atomic E-state index is 11.4. The Kier molecular flexibility index (Phi) is 5.93. The highest BCUT2D eigenvalue weighted by atomic mass is 79.9. The van der Waals surface area contributed by atoms with Crippen molar-refractivity contribution >= 4 is 27.5 Å². The minimum Gasteiger partial charge on any atom is -0.494 e. The largest absolute Gasteiger partial charge is 0.494 e. The molecule has 0 saturated carbocycles. The van der Waals surface area contributed by atoms with E-state index in [1.807, 2.05) is 24.3 Å². The molecule has 0 spiro atoms. The van der Waals surface area contributed by atoms with Crippen LogP contribution in [0.15, 0.2) is 24.3 Å². The van der Waals surface area contributed by atoms with Crippen LogP contribution in [0.1, 0.15) is 19.8 Å². The van der Waals surface area contributed by atoms with Crippen molar-refractivity contribution in [2.24, 2.45) is 0 Å². The van der Waals surface area contributed by atoms with Gasteiger partial charge in [-0.2, -0.15) is 0 Å². The second-order valence-electron chi connectivity index (χ2n) is 3.36. The number of carbonyl (C=O) groups is 1. The van der Waals surface area contributed by atoms with E-state index in [0.29, 0.717) is 18.4 Å². The number of hydrogen-bond donors (Lipinski definition) is 1. The summed E-state index contributed by atoms with van der Waals surface area (Å²) in [5.41, 5.74) is 0.777. The van der Waals surface area contributed by atoms with Crippen LogP contribution in [0, 0.1) is 0 Å². The quantitative estimate of drug-likeness (QED) is 0.815. The third-order valence-electron chi connectivity index (χ3n) is 1.91. The van der Waals surface area contributed by atoms with E-state index in [-0.39, 0.29) is 5.91 Å². The lowest BCUT2D eigenvalue weighted by atomic mass is 10.3. The Hall–Kier alpha value is -1.03. The number of hydrogen-bond acceptors (Lipinski definition) is 2. The average Bonchev–Trinajstić information content (AvgIpc) is 2.27. The van der Waals surface area contributed by atoms with Crippen LogP contribution < -0.4 is 10.1 Å². The van der Waals surface area contributed by atoms with Gasteiger partial charge in [-0.15, -0.1) is 0 Å². The number of nitrogens with one attached hydrogen (secondary N) is 1. The molecule has 3 nitrogen and oxygen atoms in total. The lowest BCUT2D eigenvalue weighted by molar-refractivity contribution is -0.115. The second kappa shape index (κ2) is 7.28. The third-order valence-corrected chi connectivity index (χ3v) is 2.31. The summed E-state index contributed by atoms with van der Waals surface area (Å²) in [6.45, 7) is 2.75. The third kappa shape index (κ3) is 4.66. The van der Waals surface area contributed by atoms with E-state index in [4.69, 9.17) is 4.74 Å². The van der Waals surface area contributed by atoms with Crippen molar-refractivity contribution in [3.8, 4) is 5.75 Å². The van der Waals surface area contributed by atoms with Crippen molar-refractivity contribution in [2.75, 3.05) is 17.3 Å². The molecule has 0 aliphatic rings. The summed E-state index contributed by atoms with van der Waals surface area (Å²) in [7, 11) is 0. The number of benzene rings is 1. The molecule has 0 bridgehead atoms. The molecule has 1 aromatic carbocycles. The molecule has 4 heteroatoms. The molecule has 0 unspecified atom stereocenters. The van der Waals surface area contributed by atoms with Gasteiger partial charge >= 0.3 is 0 Å². The van der Waals surface area contributed by atoms with E-state index in [1.165, 1.54) is 0 Å². The summed E-state index contributed by atoms with van der Waals surface area (Å²) in [5, 5.41) is 3.48. The number of halogens is 1. The van der Waals surface area contributed by atoms with E-state index >= 15 is 0 Å². The van der Waals surface area contributed by atoms with Crippen LogP contribution in [0.2, 0.25) is 0 Å². The summed E-state index contributed by atoms with van der Waals surface area (Å²) < 4.78 is 5.48. The number of rotatable bonds is 6. The molecule has 16 heavy (non-hydrogen) atoms. The zero-order valence-electron chi connectivity index (χ0n) is 9.33. The van der Waals surface area contributed by atoms with Crippen molar-refractivity contribution < 1.29 is 9.53 Å². The maximum Gasteiger partial charge on any atom is 0.225 e. The van der Waals surface area contributed by atoms with Gasteiger partial charge in [0.15, 0.2) is 0 Å². The first-order chi connectivity index (χ1) is 7.76. The van der Waals surface area contributed by atoms with Crippen LogP contribution in [-0.2, 0) is 4.79 Å². The SMILES string of the molecule is CCCOc1cccc(NC(=O)CCBr)c1. The average molecular weight is 286 g/mol. The zero-order valence-corrected chi connectivity index (χ0v) is 10.9. The standard InChI is InChI=1S/C12H16BrNO2/c1-2-8-16-11-5-3-4-10(9-11)14-12(15)6-7-13/h3-5,9H,2,6-8H2,1H3,(H,14,15). The van der Waals surface area contributed by atoms with E-state index in [9.17, 15) is 4.79 Å². The van der Waals surface area contributed by atoms with Crippen molar-refractivity contribution in [2.45, 2.75) is 19.8 Å². The topological polar surface area (TPSA) is 38.3 Å². The first kappa shape index (κ1) is 13.0. The van der Waals surface area contributed by atoms with Gasteiger partial charge in [-0.3, -0.25) is 4.79 Å². The Bertz CT molecular complexity index is 342. The number of anilines is 1. The first-order valence-electron chi connectivity index (χ1n) is 5.35. The van der Waals surface area contributed by atoms with E-state index < -0.39 is 0 Å². The van der Waals surface area contributed by atoms with Gasteiger partial charge < -0.3 is 10.1 Å². The molecule has 0 saturated heterocycles. The van der Waals surface area contributed by atoms with Crippen molar-refractivity contribution in [3.63, 3.8) is 0 Å². The Morgan fingerprint density at radius 3 is 3.00 bits per heavy atom. The van der Waals surface area contributed by atoms with E-state index in [1.54, 1.807) is 0 Å². The summed E-state index contributed by atoms with van der Waals surface area (Å²) >= 11 is 3.23. The molecule has 0 heterocycles. The molecule has 0 aromatic heterocycles. The van der Waals surface area contributed by atoms with Gasteiger partial charge in [0.25, 0.3) is 0 Å². The fraction of sp³-hybridized carbons (Fsp3) is 0.417. The van der Waals surface area contributed by atoms with Crippen LogP contribution in [0.3, 0.4) is 0 Å². The Morgan fingerprint density at radius 1 is 1.50 bits per heavy atom. The highest BCUT2D eigenvalue weighted by molar-refractivity contribution is 9.09. The van der Waals surface area contributed by atoms with Crippen molar-refractivity contribution in [3.05, 3.63) is 24.3 Å². The van der Waals surface area contributed by atoms with E-state index in [0.717, 1.165) is 17.9 Å². The highest BCUT2D eigenvalue weighted by Gasteiger charge is 2.02. The van der Waals surface area contributed by atoms with Crippen LogP contribution in [0.25, 0.3) is 0 Å². The molecular weight excluding hydrogens is 270 g/mol. The summed E-state index contributed by atoms with van der Waals surface area (Å²) in [5.74, 6) is 0.794. The fourth-order valence-electron chi connectivity index (χ4n) is 1.19. The van der Waals surface area contributed by atoms with Crippen molar-refractivity contribution in [1.82, 2.24) is 0 Å². The minimum absolute atomic E-state index is 0.00418. The Morgan fingerprint density at radius 2 is 2.31 bits per heavy atom. The normalized spacial score (nSPS) is 9.88. The lowest BCUT2D eigenvalue weighted by Gasteiger charge is -2.07. The number of carbonyl (C=O) groups excluding carboxylic acids is 1. The maximum absolute atomic E-state index is 11.4. The second-order valence-corrected chi connectivity index (χ2v) is 4.16. The van der Waals surface area contributed by atoms with Gasteiger partial charge in [-0.05, 0) is 18.6 Å². The molecule has 1 rings (SSSR count). The Balaban J connectivity index is 2.56. The molecule has 1 aromatic rings. The number of ether oxygens (including phenoxy) is 1. The molecule has 0 aliphatic carbocycles. The zero-order chi connectivity index (χ0) is 11.8. The molecule has 1 N–H and O–H groups in total. The molecule has 88 valence electrons. The van der Waals surface area contributed by atoms with Gasteiger partial charge in [-0.1, -0.05) is 28.9 Å². The van der Waals surface area contributed by atoms with Gasteiger partial charge in [0.1, 0.15) is 5.75 Å². The first-order valence-corrected chi connectivity index (χ1v) is 6.47. The summed E-state index contributed by atoms with van der Waals surface area (Å²) in [6.07, 6.45) is 1.44. The number of amides is 1. The van der Waals surface area contributed by atoms with Gasteiger partial charge in [0.05, 0.1) is 6.61 Å². The molecule has 0 aliphatic heterocycles. The minimum atomic E-state index is 0.00418. The van der Waals surface area contributed by atoms with Gasteiger partial charge in [0.2, 0.25) is 5.91 Å². The molecule has 0 fully saturated rings. The molecule has 1 amide bonds. The predicted octanol–water partition coefficient (Wildman–Crippen LogP) is 3.20. The molecule has 0 radical (unpaired) electrons. The highest BCUT2D eigenvalue weighted by Crippen LogP contribution is 2.17. The summed E-state index contributed by atoms with van der Waals surface area (Å²) in [4.78, 5) is 11.4.